The molecule has 2 nitrogen and oxygen atoms in total. The molecule has 15 heavy (non-hydrogen) atoms. The molecule has 3 aliphatic rings. The largest absolute Gasteiger partial charge is 0.478 e. The van der Waals surface area contributed by atoms with Crippen molar-refractivity contribution in [2.45, 2.75) is 40.5 Å². The molecule has 0 radical (unpaired) electrons. The molecule has 3 saturated carbocycles. The summed E-state index contributed by atoms with van der Waals surface area (Å²) in [5, 5.41) is 7.60. The van der Waals surface area contributed by atoms with Gasteiger partial charge in [-0.1, -0.05) is 34.3 Å². The Balaban J connectivity index is 0.000000195. The SMILES string of the molecule is C=CC(=O)O.CC1C2CCC1(C)C2(C)C. The van der Waals surface area contributed by atoms with Gasteiger partial charge >= 0.3 is 5.97 Å². The van der Waals surface area contributed by atoms with E-state index >= 15 is 0 Å². The molecule has 3 unspecified atom stereocenters. The third kappa shape index (κ3) is 1.60. The Morgan fingerprint density at radius 1 is 1.47 bits per heavy atom. The lowest BCUT2D eigenvalue weighted by molar-refractivity contribution is -0.131. The average Bonchev–Trinajstić information content (AvgIpc) is 2.59. The molecule has 0 aromatic carbocycles. The minimum absolute atomic E-state index is 0.659. The molecule has 3 fully saturated rings. The van der Waals surface area contributed by atoms with Crippen LogP contribution in [0.25, 0.3) is 0 Å². The molecule has 0 aromatic rings. The minimum atomic E-state index is -0.981. The zero-order valence-corrected chi connectivity index (χ0v) is 10.2. The van der Waals surface area contributed by atoms with E-state index in [4.69, 9.17) is 5.11 Å². The Morgan fingerprint density at radius 3 is 2.00 bits per heavy atom. The van der Waals surface area contributed by atoms with Crippen molar-refractivity contribution in [3.63, 3.8) is 0 Å². The van der Waals surface area contributed by atoms with E-state index < -0.39 is 5.97 Å². The van der Waals surface area contributed by atoms with Gasteiger partial charge in [0.05, 0.1) is 0 Å². The molecule has 2 bridgehead atoms. The fourth-order valence-electron chi connectivity index (χ4n) is 3.60. The molecule has 0 amide bonds. The van der Waals surface area contributed by atoms with Gasteiger partial charge in [0.25, 0.3) is 0 Å². The second kappa shape index (κ2) is 3.66. The lowest BCUT2D eigenvalue weighted by Gasteiger charge is -2.59. The van der Waals surface area contributed by atoms with Crippen LogP contribution in [-0.2, 0) is 4.79 Å². The van der Waals surface area contributed by atoms with Crippen LogP contribution in [0.1, 0.15) is 40.5 Å². The monoisotopic (exact) mass is 210 g/mol. The fourth-order valence-corrected chi connectivity index (χ4v) is 3.60. The molecule has 2 heteroatoms. The second-order valence-corrected chi connectivity index (χ2v) is 5.62. The first kappa shape index (κ1) is 12.3. The first-order valence-corrected chi connectivity index (χ1v) is 5.62. The van der Waals surface area contributed by atoms with E-state index in [0.717, 1.165) is 17.9 Å². The molecule has 3 atom stereocenters. The number of aliphatic carboxylic acids is 1. The lowest BCUT2D eigenvalue weighted by Crippen LogP contribution is -2.53. The van der Waals surface area contributed by atoms with Gasteiger partial charge in [-0.2, -0.15) is 0 Å². The quantitative estimate of drug-likeness (QED) is 0.674. The normalized spacial score (nSPS) is 39.7. The zero-order valence-electron chi connectivity index (χ0n) is 10.2. The maximum atomic E-state index is 9.25. The summed E-state index contributed by atoms with van der Waals surface area (Å²) in [6.07, 6.45) is 3.80. The number of carboxylic acid groups (broad SMARTS) is 1. The van der Waals surface area contributed by atoms with Gasteiger partial charge in [-0.05, 0) is 35.5 Å². The van der Waals surface area contributed by atoms with E-state index in [1.807, 2.05) is 0 Å². The Hall–Kier alpha value is -0.790. The molecule has 1 N–H and O–H groups in total. The van der Waals surface area contributed by atoms with Crippen LogP contribution in [-0.4, -0.2) is 11.1 Å². The standard InChI is InChI=1S/C10H18.C3H4O2/c1-7-8-5-6-10(7,4)9(8,2)3;1-2-3(4)5/h7-8H,5-6H2,1-4H3;2H,1H2,(H,4,5). The fraction of sp³-hybridized carbons (Fsp3) is 0.769. The van der Waals surface area contributed by atoms with Crippen molar-refractivity contribution in [2.24, 2.45) is 22.7 Å². The number of hydrogen-bond donors (Lipinski definition) is 1. The van der Waals surface area contributed by atoms with Crippen LogP contribution >= 0.6 is 0 Å². The van der Waals surface area contributed by atoms with Crippen LogP contribution in [0.4, 0.5) is 0 Å². The van der Waals surface area contributed by atoms with Crippen molar-refractivity contribution < 1.29 is 9.90 Å². The maximum Gasteiger partial charge on any atom is 0.327 e. The molecule has 0 heterocycles. The van der Waals surface area contributed by atoms with Crippen LogP contribution in [0.3, 0.4) is 0 Å². The average molecular weight is 210 g/mol. The van der Waals surface area contributed by atoms with Gasteiger partial charge in [0.2, 0.25) is 0 Å². The summed E-state index contributed by atoms with van der Waals surface area (Å²) in [6, 6.07) is 0. The topological polar surface area (TPSA) is 37.3 Å². The van der Waals surface area contributed by atoms with Crippen molar-refractivity contribution in [1.82, 2.24) is 0 Å². The van der Waals surface area contributed by atoms with Gasteiger partial charge in [0, 0.05) is 6.08 Å². The second-order valence-electron chi connectivity index (χ2n) is 5.62. The Labute approximate surface area is 92.4 Å². The number of carbonyl (C=O) groups is 1. The van der Waals surface area contributed by atoms with Crippen molar-refractivity contribution >= 4 is 5.97 Å². The predicted molar refractivity (Wildman–Crippen MR) is 61.6 cm³/mol. The van der Waals surface area contributed by atoms with Crippen LogP contribution in [0.5, 0.6) is 0 Å². The molecule has 0 saturated heterocycles. The van der Waals surface area contributed by atoms with Crippen molar-refractivity contribution in [3.8, 4) is 0 Å². The number of hydrogen-bond acceptors (Lipinski definition) is 1. The molecule has 3 aliphatic carbocycles. The zero-order chi connectivity index (χ0) is 11.9. The highest BCUT2D eigenvalue weighted by atomic mass is 16.4. The van der Waals surface area contributed by atoms with E-state index in [0.29, 0.717) is 10.8 Å². The number of rotatable bonds is 1. The van der Waals surface area contributed by atoms with Gasteiger partial charge in [-0.3, -0.25) is 0 Å². The van der Waals surface area contributed by atoms with Gasteiger partial charge < -0.3 is 5.11 Å². The van der Waals surface area contributed by atoms with Crippen LogP contribution in [0.15, 0.2) is 12.7 Å². The Bertz CT molecular complexity index is 280. The summed E-state index contributed by atoms with van der Waals surface area (Å²) in [7, 11) is 0. The maximum absolute atomic E-state index is 9.25. The summed E-state index contributed by atoms with van der Waals surface area (Å²) >= 11 is 0. The summed E-state index contributed by atoms with van der Waals surface area (Å²) in [6.45, 7) is 12.8. The van der Waals surface area contributed by atoms with E-state index in [2.05, 4.69) is 34.3 Å². The van der Waals surface area contributed by atoms with E-state index in [-0.39, 0.29) is 0 Å². The van der Waals surface area contributed by atoms with E-state index in [9.17, 15) is 4.79 Å². The van der Waals surface area contributed by atoms with Crippen LogP contribution in [0, 0.1) is 22.7 Å². The van der Waals surface area contributed by atoms with Gasteiger partial charge in [0.15, 0.2) is 0 Å². The van der Waals surface area contributed by atoms with Crippen molar-refractivity contribution in [3.05, 3.63) is 12.7 Å². The minimum Gasteiger partial charge on any atom is -0.478 e. The predicted octanol–water partition coefficient (Wildman–Crippen LogP) is 3.34. The van der Waals surface area contributed by atoms with Gasteiger partial charge in [-0.15, -0.1) is 0 Å². The first-order valence-electron chi connectivity index (χ1n) is 5.62. The summed E-state index contributed by atoms with van der Waals surface area (Å²) < 4.78 is 0. The van der Waals surface area contributed by atoms with Crippen molar-refractivity contribution in [1.29, 1.82) is 0 Å². The van der Waals surface area contributed by atoms with Gasteiger partial charge in [0.1, 0.15) is 0 Å². The van der Waals surface area contributed by atoms with Gasteiger partial charge in [-0.25, -0.2) is 4.79 Å². The van der Waals surface area contributed by atoms with Crippen LogP contribution < -0.4 is 0 Å². The molecule has 0 spiro atoms. The summed E-state index contributed by atoms with van der Waals surface area (Å²) in [5.41, 5.74) is 1.35. The third-order valence-electron chi connectivity index (χ3n) is 5.16. The Morgan fingerprint density at radius 2 is 1.93 bits per heavy atom. The smallest absolute Gasteiger partial charge is 0.327 e. The Kier molecular flexibility index (Phi) is 2.99. The summed E-state index contributed by atoms with van der Waals surface area (Å²) in [5.74, 6) is 1.06. The van der Waals surface area contributed by atoms with Crippen LogP contribution in [0.2, 0.25) is 0 Å². The first-order chi connectivity index (χ1) is 6.77. The van der Waals surface area contributed by atoms with E-state index in [1.165, 1.54) is 12.8 Å². The lowest BCUT2D eigenvalue weighted by atomic mass is 9.46. The van der Waals surface area contributed by atoms with E-state index in [1.54, 1.807) is 0 Å². The molecule has 86 valence electrons. The molecular weight excluding hydrogens is 188 g/mol. The summed E-state index contributed by atoms with van der Waals surface area (Å²) in [4.78, 5) is 9.25. The highest BCUT2D eigenvalue weighted by Gasteiger charge is 2.66. The number of carboxylic acids is 1. The highest BCUT2D eigenvalue weighted by molar-refractivity contribution is 5.78. The highest BCUT2D eigenvalue weighted by Crippen LogP contribution is 2.73. The number of fused-ring (bicyclic) bond motifs is 1. The molecule has 0 aromatic heterocycles. The third-order valence-corrected chi connectivity index (χ3v) is 5.16. The molecule has 0 aliphatic heterocycles. The van der Waals surface area contributed by atoms with Crippen molar-refractivity contribution in [2.75, 3.05) is 0 Å². The molecule has 3 rings (SSSR count). The molecular formula is C13H22O2.